The van der Waals surface area contributed by atoms with Crippen LogP contribution in [0, 0.1) is 12.8 Å². The number of hydrogen-bond acceptors (Lipinski definition) is 3. The molecule has 0 radical (unpaired) electrons. The van der Waals surface area contributed by atoms with Crippen molar-refractivity contribution in [2.24, 2.45) is 5.92 Å². The van der Waals surface area contributed by atoms with Gasteiger partial charge in [-0.15, -0.1) is 0 Å². The van der Waals surface area contributed by atoms with E-state index in [-0.39, 0.29) is 23.0 Å². The summed E-state index contributed by atoms with van der Waals surface area (Å²) in [5, 5.41) is 2.47. The maximum atomic E-state index is 13.5. The number of anilines is 1. The predicted octanol–water partition coefficient (Wildman–Crippen LogP) is 3.89. The molecule has 1 aromatic carbocycles. The minimum Gasteiger partial charge on any atom is -0.342 e. The Hall–Kier alpha value is -1.36. The number of amides is 1. The largest absolute Gasteiger partial charge is 0.420 e. The van der Waals surface area contributed by atoms with Crippen LogP contribution in [0.25, 0.3) is 11.0 Å². The molecule has 1 aromatic heterocycles. The van der Waals surface area contributed by atoms with Crippen molar-refractivity contribution in [2.75, 3.05) is 18.4 Å². The summed E-state index contributed by atoms with van der Waals surface area (Å²) in [6.45, 7) is 3.10. The summed E-state index contributed by atoms with van der Waals surface area (Å²) < 4.78 is 42.6. The molecular formula is C15H16F3IN4O. The second kappa shape index (κ2) is 6.51. The van der Waals surface area contributed by atoms with E-state index in [1.54, 1.807) is 6.92 Å². The van der Waals surface area contributed by atoms with Crippen LogP contribution in [0.3, 0.4) is 0 Å². The molecule has 1 amide bonds. The van der Waals surface area contributed by atoms with Gasteiger partial charge in [0, 0.05) is 41.9 Å². The number of hydrogen-bond donors (Lipinski definition) is 2. The number of benzene rings is 1. The van der Waals surface area contributed by atoms with E-state index in [1.165, 1.54) is 12.1 Å². The number of carbonyl (C=O) groups is 1. The Bertz CT molecular complexity index is 766. The second-order valence-electron chi connectivity index (χ2n) is 5.88. The molecule has 24 heavy (non-hydrogen) atoms. The first kappa shape index (κ1) is 17.5. The van der Waals surface area contributed by atoms with Gasteiger partial charge in [0.15, 0.2) is 0 Å². The van der Waals surface area contributed by atoms with E-state index >= 15 is 0 Å². The summed E-state index contributed by atoms with van der Waals surface area (Å²) >= 11 is 2.18. The fraction of sp³-hybridized carbons (Fsp3) is 0.467. The molecule has 0 saturated carbocycles. The van der Waals surface area contributed by atoms with Gasteiger partial charge in [-0.3, -0.25) is 4.79 Å². The molecule has 0 unspecified atom stereocenters. The number of aromatic amines is 1. The van der Waals surface area contributed by atoms with Crippen LogP contribution in [0.4, 0.5) is 18.9 Å². The Morgan fingerprint density at radius 3 is 2.67 bits per heavy atom. The zero-order valence-electron chi connectivity index (χ0n) is 12.9. The zero-order valence-corrected chi connectivity index (χ0v) is 15.0. The first-order chi connectivity index (χ1) is 11.3. The third-order valence-electron chi connectivity index (χ3n) is 4.13. The number of aryl methyl sites for hydroxylation is 1. The van der Waals surface area contributed by atoms with Crippen molar-refractivity contribution < 1.29 is 18.0 Å². The number of nitrogens with one attached hydrogen (secondary N) is 2. The Labute approximate surface area is 150 Å². The maximum absolute atomic E-state index is 13.5. The molecule has 0 spiro atoms. The average molecular weight is 452 g/mol. The van der Waals surface area contributed by atoms with Crippen LogP contribution < -0.4 is 5.32 Å². The van der Waals surface area contributed by atoms with Crippen molar-refractivity contribution in [1.29, 1.82) is 0 Å². The summed E-state index contributed by atoms with van der Waals surface area (Å²) in [6.07, 6.45) is -3.32. The van der Waals surface area contributed by atoms with E-state index in [4.69, 9.17) is 0 Å². The number of H-pyrrole nitrogens is 1. The number of alkyl halides is 3. The van der Waals surface area contributed by atoms with Gasteiger partial charge in [0.1, 0.15) is 16.9 Å². The fourth-order valence-corrected chi connectivity index (χ4v) is 3.49. The lowest BCUT2D eigenvalue weighted by Crippen LogP contribution is -2.33. The monoisotopic (exact) mass is 452 g/mol. The van der Waals surface area contributed by atoms with Crippen molar-refractivity contribution in [3.05, 3.63) is 23.5 Å². The summed E-state index contributed by atoms with van der Waals surface area (Å²) in [4.78, 5) is 19.1. The van der Waals surface area contributed by atoms with Gasteiger partial charge in [0.2, 0.25) is 5.91 Å². The highest BCUT2D eigenvalue weighted by Crippen LogP contribution is 2.39. The van der Waals surface area contributed by atoms with Gasteiger partial charge in [-0.2, -0.15) is 13.2 Å². The molecule has 1 saturated heterocycles. The Morgan fingerprint density at radius 2 is 2.04 bits per heavy atom. The van der Waals surface area contributed by atoms with Gasteiger partial charge >= 0.3 is 6.18 Å². The average Bonchev–Trinajstić information content (AvgIpc) is 2.86. The van der Waals surface area contributed by atoms with Crippen molar-refractivity contribution >= 4 is 45.5 Å². The number of imidazole rings is 1. The fourth-order valence-electron chi connectivity index (χ4n) is 2.93. The van der Waals surface area contributed by atoms with Crippen LogP contribution in [-0.4, -0.2) is 32.1 Å². The van der Waals surface area contributed by atoms with Crippen LogP contribution in [0.15, 0.2) is 12.1 Å². The molecule has 0 bridgehead atoms. The molecule has 1 fully saturated rings. The lowest BCUT2D eigenvalue weighted by Gasteiger charge is -2.27. The lowest BCUT2D eigenvalue weighted by atomic mass is 9.97. The molecule has 2 aromatic rings. The van der Waals surface area contributed by atoms with Crippen LogP contribution in [0.2, 0.25) is 0 Å². The Morgan fingerprint density at radius 1 is 1.38 bits per heavy atom. The van der Waals surface area contributed by atoms with Gasteiger partial charge < -0.3 is 10.3 Å². The summed E-state index contributed by atoms with van der Waals surface area (Å²) in [6, 6.07) is 2.79. The van der Waals surface area contributed by atoms with E-state index in [0.717, 1.165) is 13.1 Å². The van der Waals surface area contributed by atoms with Crippen LogP contribution >= 0.6 is 22.9 Å². The molecule has 9 heteroatoms. The quantitative estimate of drug-likeness (QED) is 0.537. The van der Waals surface area contributed by atoms with Crippen molar-refractivity contribution in [3.8, 4) is 0 Å². The highest BCUT2D eigenvalue weighted by atomic mass is 127. The number of piperidine rings is 1. The highest BCUT2D eigenvalue weighted by molar-refractivity contribution is 14.1. The van der Waals surface area contributed by atoms with Crippen LogP contribution in [0.1, 0.15) is 24.2 Å². The van der Waals surface area contributed by atoms with E-state index in [0.29, 0.717) is 24.2 Å². The number of aromatic nitrogens is 2. The molecule has 5 nitrogen and oxygen atoms in total. The van der Waals surface area contributed by atoms with Crippen LogP contribution in [-0.2, 0) is 11.0 Å². The summed E-state index contributed by atoms with van der Waals surface area (Å²) in [5.41, 5.74) is -0.997. The van der Waals surface area contributed by atoms with Crippen molar-refractivity contribution in [2.45, 2.75) is 25.9 Å². The van der Waals surface area contributed by atoms with Crippen molar-refractivity contribution in [3.63, 3.8) is 0 Å². The van der Waals surface area contributed by atoms with Gasteiger partial charge in [0.05, 0.1) is 11.2 Å². The molecule has 0 aliphatic carbocycles. The lowest BCUT2D eigenvalue weighted by molar-refractivity contribution is -0.135. The number of fused-ring (bicyclic) bond motifs is 1. The Kier molecular flexibility index (Phi) is 4.73. The first-order valence-corrected chi connectivity index (χ1v) is 8.50. The number of rotatable bonds is 2. The first-order valence-electron chi connectivity index (χ1n) is 7.54. The molecule has 1 aliphatic rings. The summed E-state index contributed by atoms with van der Waals surface area (Å²) in [7, 11) is 0. The van der Waals surface area contributed by atoms with Gasteiger partial charge in [-0.1, -0.05) is 0 Å². The molecule has 2 heterocycles. The molecule has 0 atom stereocenters. The highest BCUT2D eigenvalue weighted by Gasteiger charge is 2.38. The molecule has 3 rings (SSSR count). The minimum atomic E-state index is -4.60. The maximum Gasteiger partial charge on any atom is 0.420 e. The second-order valence-corrected chi connectivity index (χ2v) is 7.24. The normalized spacial score (nSPS) is 17.4. The minimum absolute atomic E-state index is 0.167. The van der Waals surface area contributed by atoms with E-state index in [1.807, 2.05) is 0 Å². The zero-order chi connectivity index (χ0) is 17.5. The van der Waals surface area contributed by atoms with Gasteiger partial charge in [0.25, 0.3) is 0 Å². The Balaban J connectivity index is 1.92. The molecule has 130 valence electrons. The molecular weight excluding hydrogens is 436 g/mol. The molecule has 1 aliphatic heterocycles. The predicted molar refractivity (Wildman–Crippen MR) is 92.8 cm³/mol. The molecule has 2 N–H and O–H groups in total. The SMILES string of the molecule is Cc1nc2c(C(F)(F)F)c(NC(=O)C3CCN(I)CC3)ccc2[nH]1. The third-order valence-corrected chi connectivity index (χ3v) is 5.09. The van der Waals surface area contributed by atoms with Crippen molar-refractivity contribution in [1.82, 2.24) is 13.1 Å². The number of halogens is 4. The van der Waals surface area contributed by atoms with Crippen LogP contribution in [0.5, 0.6) is 0 Å². The van der Waals surface area contributed by atoms with E-state index < -0.39 is 11.7 Å². The summed E-state index contributed by atoms with van der Waals surface area (Å²) in [5.74, 6) is -0.237. The number of nitrogens with zero attached hydrogens (tertiary/aromatic N) is 2. The van der Waals surface area contributed by atoms with Gasteiger partial charge in [-0.25, -0.2) is 8.10 Å². The van der Waals surface area contributed by atoms with E-state index in [9.17, 15) is 18.0 Å². The smallest absolute Gasteiger partial charge is 0.342 e. The van der Waals surface area contributed by atoms with Gasteiger partial charge in [-0.05, 0) is 31.9 Å². The number of carbonyl (C=O) groups excluding carboxylic acids is 1. The third kappa shape index (κ3) is 3.51. The van der Waals surface area contributed by atoms with E-state index in [2.05, 4.69) is 41.3 Å². The standard InChI is InChI=1S/C15H16F3IN4O/c1-8-20-11-3-2-10(12(13(11)21-8)15(16,17)18)22-14(24)9-4-6-23(19)7-5-9/h2-3,9H,4-7H2,1H3,(H,20,21)(H,22,24). The topological polar surface area (TPSA) is 61.0 Å².